The van der Waals surface area contributed by atoms with Gasteiger partial charge >= 0.3 is 0 Å². The van der Waals surface area contributed by atoms with Crippen LogP contribution in [0.5, 0.6) is 0 Å². The molecule has 0 aliphatic carbocycles. The molecule has 2 atom stereocenters. The number of hydrogen-bond donors (Lipinski definition) is 2. The Bertz CT molecular complexity index is 832. The SMILES string of the molecule is COC(C)CN(Cc1ccccc1)C(=O)C(C)NC(=O)CN(C)Cc1ccccc1.O=CO. The third-order valence-electron chi connectivity index (χ3n) is 4.86. The number of carboxylic acid groups (broad SMARTS) is 1. The molecule has 0 saturated heterocycles. The number of amides is 2. The Morgan fingerprint density at radius 1 is 1.00 bits per heavy atom. The number of nitrogens with one attached hydrogen (secondary N) is 1. The van der Waals surface area contributed by atoms with E-state index in [1.807, 2.05) is 79.5 Å². The van der Waals surface area contributed by atoms with Crippen molar-refractivity contribution in [2.75, 3.05) is 27.2 Å². The fourth-order valence-corrected chi connectivity index (χ4v) is 3.24. The van der Waals surface area contributed by atoms with Crippen LogP contribution in [0.4, 0.5) is 0 Å². The summed E-state index contributed by atoms with van der Waals surface area (Å²) >= 11 is 0. The quantitative estimate of drug-likeness (QED) is 0.503. The van der Waals surface area contributed by atoms with Gasteiger partial charge in [-0.15, -0.1) is 0 Å². The summed E-state index contributed by atoms with van der Waals surface area (Å²) in [4.78, 5) is 37.5. The first-order valence-corrected chi connectivity index (χ1v) is 10.8. The Morgan fingerprint density at radius 2 is 1.48 bits per heavy atom. The number of likely N-dealkylation sites (N-methyl/N-ethyl adjacent to an activating group) is 1. The van der Waals surface area contributed by atoms with Crippen molar-refractivity contribution >= 4 is 18.3 Å². The highest BCUT2D eigenvalue weighted by Gasteiger charge is 2.24. The smallest absolute Gasteiger partial charge is 0.290 e. The molecule has 8 heteroatoms. The predicted molar refractivity (Wildman–Crippen MR) is 127 cm³/mol. The van der Waals surface area contributed by atoms with Gasteiger partial charge in [0.2, 0.25) is 11.8 Å². The van der Waals surface area contributed by atoms with E-state index in [1.54, 1.807) is 18.9 Å². The number of hydrogen-bond acceptors (Lipinski definition) is 5. The molecule has 0 aromatic heterocycles. The van der Waals surface area contributed by atoms with Crippen molar-refractivity contribution in [3.8, 4) is 0 Å². The average Bonchev–Trinajstić information content (AvgIpc) is 2.79. The molecule has 0 aliphatic heterocycles. The summed E-state index contributed by atoms with van der Waals surface area (Å²) in [5, 5.41) is 9.73. The van der Waals surface area contributed by atoms with E-state index < -0.39 is 6.04 Å². The van der Waals surface area contributed by atoms with E-state index in [-0.39, 0.29) is 30.9 Å². The normalized spacial score (nSPS) is 12.2. The Labute approximate surface area is 196 Å². The zero-order valence-corrected chi connectivity index (χ0v) is 19.8. The van der Waals surface area contributed by atoms with Gasteiger partial charge in [0.25, 0.3) is 6.47 Å². The molecule has 0 saturated carbocycles. The Balaban J connectivity index is 0.00000172. The molecule has 2 aromatic rings. The first-order valence-electron chi connectivity index (χ1n) is 10.8. The third kappa shape index (κ3) is 11.3. The van der Waals surface area contributed by atoms with Gasteiger partial charge in [0, 0.05) is 26.7 Å². The van der Waals surface area contributed by atoms with Crippen LogP contribution in [0.1, 0.15) is 25.0 Å². The molecule has 0 bridgehead atoms. The van der Waals surface area contributed by atoms with Crippen LogP contribution in [0.15, 0.2) is 60.7 Å². The molecule has 0 aliphatic rings. The maximum atomic E-state index is 13.1. The first-order chi connectivity index (χ1) is 15.8. The number of methoxy groups -OCH3 is 1. The first kappa shape index (κ1) is 27.8. The molecule has 2 N–H and O–H groups in total. The number of rotatable bonds is 11. The summed E-state index contributed by atoms with van der Waals surface area (Å²) in [5.41, 5.74) is 2.18. The zero-order valence-electron chi connectivity index (χ0n) is 19.8. The lowest BCUT2D eigenvalue weighted by atomic mass is 10.1. The van der Waals surface area contributed by atoms with Gasteiger partial charge < -0.3 is 20.1 Å². The minimum absolute atomic E-state index is 0.0995. The van der Waals surface area contributed by atoms with Crippen molar-refractivity contribution in [3.05, 3.63) is 71.8 Å². The minimum atomic E-state index is -0.615. The van der Waals surface area contributed by atoms with Crippen molar-refractivity contribution in [1.82, 2.24) is 15.1 Å². The number of benzene rings is 2. The summed E-state index contributed by atoms with van der Waals surface area (Å²) in [7, 11) is 3.52. The van der Waals surface area contributed by atoms with Crippen LogP contribution in [-0.2, 0) is 32.2 Å². The molecule has 0 spiro atoms. The molecule has 180 valence electrons. The molecule has 2 aromatic carbocycles. The highest BCUT2D eigenvalue weighted by molar-refractivity contribution is 5.88. The minimum Gasteiger partial charge on any atom is -0.483 e. The molecule has 2 amide bonds. The van der Waals surface area contributed by atoms with E-state index in [2.05, 4.69) is 5.32 Å². The third-order valence-corrected chi connectivity index (χ3v) is 4.86. The summed E-state index contributed by atoms with van der Waals surface area (Å²) in [6.45, 7) is 5.22. The van der Waals surface area contributed by atoms with Gasteiger partial charge in [-0.1, -0.05) is 60.7 Å². The number of ether oxygens (including phenoxy) is 1. The lowest BCUT2D eigenvalue weighted by molar-refractivity contribution is -0.138. The number of carbonyl (C=O) groups is 3. The van der Waals surface area contributed by atoms with E-state index in [0.29, 0.717) is 19.6 Å². The van der Waals surface area contributed by atoms with Crippen LogP contribution in [0, 0.1) is 0 Å². The molecule has 2 unspecified atom stereocenters. The van der Waals surface area contributed by atoms with Gasteiger partial charge in [-0.25, -0.2) is 0 Å². The van der Waals surface area contributed by atoms with Gasteiger partial charge in [-0.3, -0.25) is 19.3 Å². The monoisotopic (exact) mass is 457 g/mol. The van der Waals surface area contributed by atoms with Gasteiger partial charge in [0.05, 0.1) is 12.6 Å². The van der Waals surface area contributed by atoms with Crippen LogP contribution in [0.3, 0.4) is 0 Å². The highest BCUT2D eigenvalue weighted by Crippen LogP contribution is 2.09. The van der Waals surface area contributed by atoms with Crippen molar-refractivity contribution in [1.29, 1.82) is 0 Å². The predicted octanol–water partition coefficient (Wildman–Crippen LogP) is 2.39. The summed E-state index contributed by atoms with van der Waals surface area (Å²) < 4.78 is 5.35. The molecule has 8 nitrogen and oxygen atoms in total. The van der Waals surface area contributed by atoms with Crippen molar-refractivity contribution in [2.24, 2.45) is 0 Å². The van der Waals surface area contributed by atoms with Crippen LogP contribution in [0.2, 0.25) is 0 Å². The largest absolute Gasteiger partial charge is 0.483 e. The molecular weight excluding hydrogens is 422 g/mol. The second kappa shape index (κ2) is 15.6. The fourth-order valence-electron chi connectivity index (χ4n) is 3.24. The van der Waals surface area contributed by atoms with Crippen molar-refractivity contribution in [3.63, 3.8) is 0 Å². The lowest BCUT2D eigenvalue weighted by Crippen LogP contribution is -2.50. The summed E-state index contributed by atoms with van der Waals surface area (Å²) in [6.07, 6.45) is -0.0995. The van der Waals surface area contributed by atoms with Gasteiger partial charge in [0.1, 0.15) is 6.04 Å². The number of carbonyl (C=O) groups excluding carboxylic acids is 2. The van der Waals surface area contributed by atoms with Crippen LogP contribution in [0.25, 0.3) is 0 Å². The maximum absolute atomic E-state index is 13.1. The number of nitrogens with zero attached hydrogens (tertiary/aromatic N) is 2. The van der Waals surface area contributed by atoms with Gasteiger partial charge in [-0.2, -0.15) is 0 Å². The topological polar surface area (TPSA) is 99.2 Å². The van der Waals surface area contributed by atoms with Crippen LogP contribution >= 0.6 is 0 Å². The lowest BCUT2D eigenvalue weighted by Gasteiger charge is -2.29. The molecule has 2 rings (SSSR count). The molecule has 0 radical (unpaired) electrons. The van der Waals surface area contributed by atoms with Crippen molar-refractivity contribution in [2.45, 2.75) is 39.1 Å². The van der Waals surface area contributed by atoms with Crippen LogP contribution < -0.4 is 5.32 Å². The summed E-state index contributed by atoms with van der Waals surface area (Å²) in [5.74, 6) is -0.296. The second-order valence-corrected chi connectivity index (χ2v) is 7.80. The molecular formula is C25H35N3O5. The average molecular weight is 458 g/mol. The van der Waals surface area contributed by atoms with E-state index in [4.69, 9.17) is 14.6 Å². The standard InChI is InChI=1S/C24H33N3O3.CH2O2/c1-19(30-4)15-27(17-22-13-9-6-10-14-22)24(29)20(2)25-23(28)18-26(3)16-21-11-7-5-8-12-21;2-1-3/h5-14,19-20H,15-18H2,1-4H3,(H,25,28);1H,(H,2,3). The maximum Gasteiger partial charge on any atom is 0.290 e. The fraction of sp³-hybridized carbons (Fsp3) is 0.400. The van der Waals surface area contributed by atoms with Crippen molar-refractivity contribution < 1.29 is 24.2 Å². The van der Waals surface area contributed by atoms with E-state index >= 15 is 0 Å². The zero-order chi connectivity index (χ0) is 24.6. The van der Waals surface area contributed by atoms with Gasteiger partial charge in [0.15, 0.2) is 0 Å². The Morgan fingerprint density at radius 3 is 1.97 bits per heavy atom. The molecule has 0 fully saturated rings. The Kier molecular flexibility index (Phi) is 13.1. The van der Waals surface area contributed by atoms with Gasteiger partial charge in [-0.05, 0) is 32.0 Å². The summed E-state index contributed by atoms with van der Waals surface area (Å²) in [6, 6.07) is 19.2. The van der Waals surface area contributed by atoms with E-state index in [9.17, 15) is 9.59 Å². The van der Waals surface area contributed by atoms with Crippen LogP contribution in [-0.4, -0.2) is 72.6 Å². The molecule has 33 heavy (non-hydrogen) atoms. The highest BCUT2D eigenvalue weighted by atomic mass is 16.5. The van der Waals surface area contributed by atoms with E-state index in [1.165, 1.54) is 0 Å². The Hall–Kier alpha value is -3.23. The van der Waals surface area contributed by atoms with E-state index in [0.717, 1.165) is 11.1 Å². The second-order valence-electron chi connectivity index (χ2n) is 7.80. The molecule has 0 heterocycles.